The van der Waals surface area contributed by atoms with E-state index in [1.54, 1.807) is 0 Å². The Morgan fingerprint density at radius 3 is 2.48 bits per heavy atom. The van der Waals surface area contributed by atoms with Crippen molar-refractivity contribution in [3.05, 3.63) is 35.4 Å². The molecule has 3 rings (SSSR count). The van der Waals surface area contributed by atoms with Crippen LogP contribution in [0.2, 0.25) is 0 Å². The Kier molecular flexibility index (Phi) is 4.28. The fourth-order valence-electron chi connectivity index (χ4n) is 3.21. The van der Waals surface area contributed by atoms with Crippen molar-refractivity contribution in [3.8, 4) is 6.07 Å². The highest BCUT2D eigenvalue weighted by Gasteiger charge is 2.32. The smallest absolute Gasteiger partial charge is 0.104 e. The zero-order chi connectivity index (χ0) is 14.7. The van der Waals surface area contributed by atoms with Crippen molar-refractivity contribution in [1.29, 1.82) is 5.26 Å². The molecule has 1 aliphatic carbocycles. The van der Waals surface area contributed by atoms with Crippen molar-refractivity contribution >= 4 is 0 Å². The lowest BCUT2D eigenvalue weighted by Gasteiger charge is -2.23. The Labute approximate surface area is 128 Å². The first-order valence-corrected chi connectivity index (χ1v) is 8.17. The molecule has 112 valence electrons. The Bertz CT molecular complexity index is 505. The number of nitrogens with one attached hydrogen (secondary N) is 1. The standard InChI is InChI=1S/C18H25N3/c1-18(14-19,20-17-8-9-17)10-4-5-11-21-12-15-6-2-3-7-16(15)13-21/h2-3,6-7,17,20H,4-5,8-13H2,1H3. The van der Waals surface area contributed by atoms with Crippen LogP contribution < -0.4 is 5.32 Å². The van der Waals surface area contributed by atoms with Crippen molar-refractivity contribution in [2.75, 3.05) is 6.54 Å². The molecule has 1 fully saturated rings. The van der Waals surface area contributed by atoms with Crippen LogP contribution >= 0.6 is 0 Å². The van der Waals surface area contributed by atoms with Gasteiger partial charge in [0, 0.05) is 19.1 Å². The first-order chi connectivity index (χ1) is 10.2. The number of fused-ring (bicyclic) bond motifs is 1. The average Bonchev–Trinajstić information content (AvgIpc) is 3.19. The van der Waals surface area contributed by atoms with E-state index in [2.05, 4.69) is 47.5 Å². The highest BCUT2D eigenvalue weighted by atomic mass is 15.1. The molecule has 0 bridgehead atoms. The maximum absolute atomic E-state index is 9.37. The molecule has 0 saturated heterocycles. The summed E-state index contributed by atoms with van der Waals surface area (Å²) in [5, 5.41) is 12.9. The molecule has 1 atom stereocenters. The lowest BCUT2D eigenvalue weighted by atomic mass is 9.96. The zero-order valence-corrected chi connectivity index (χ0v) is 12.9. The predicted molar refractivity (Wildman–Crippen MR) is 84.6 cm³/mol. The Morgan fingerprint density at radius 1 is 1.24 bits per heavy atom. The molecule has 0 radical (unpaired) electrons. The molecule has 1 N–H and O–H groups in total. The van der Waals surface area contributed by atoms with Crippen LogP contribution in [0.25, 0.3) is 0 Å². The summed E-state index contributed by atoms with van der Waals surface area (Å²) >= 11 is 0. The van der Waals surface area contributed by atoms with Gasteiger partial charge in [-0.1, -0.05) is 24.3 Å². The quantitative estimate of drug-likeness (QED) is 0.781. The number of rotatable bonds is 7. The van der Waals surface area contributed by atoms with E-state index in [0.29, 0.717) is 6.04 Å². The SMILES string of the molecule is CC(C#N)(CCCCN1Cc2ccccc2C1)NC1CC1. The molecular weight excluding hydrogens is 258 g/mol. The van der Waals surface area contributed by atoms with Gasteiger partial charge < -0.3 is 0 Å². The number of nitrogens with zero attached hydrogens (tertiary/aromatic N) is 2. The van der Waals surface area contributed by atoms with Crippen LogP contribution in [0.4, 0.5) is 0 Å². The van der Waals surface area contributed by atoms with Crippen molar-refractivity contribution in [1.82, 2.24) is 10.2 Å². The molecule has 0 aromatic heterocycles. The van der Waals surface area contributed by atoms with Crippen molar-refractivity contribution in [2.24, 2.45) is 0 Å². The summed E-state index contributed by atoms with van der Waals surface area (Å²) in [5.74, 6) is 0. The van der Waals surface area contributed by atoms with Crippen LogP contribution in [-0.4, -0.2) is 23.0 Å². The third-order valence-corrected chi connectivity index (χ3v) is 4.65. The number of benzene rings is 1. The van der Waals surface area contributed by atoms with E-state index in [1.807, 2.05) is 0 Å². The van der Waals surface area contributed by atoms with E-state index in [0.717, 1.165) is 32.5 Å². The molecule has 21 heavy (non-hydrogen) atoms. The van der Waals surface area contributed by atoms with Gasteiger partial charge in [0.05, 0.1) is 6.07 Å². The minimum atomic E-state index is -0.324. The lowest BCUT2D eigenvalue weighted by molar-refractivity contribution is 0.271. The highest BCUT2D eigenvalue weighted by molar-refractivity contribution is 5.30. The average molecular weight is 283 g/mol. The molecule has 3 nitrogen and oxygen atoms in total. The maximum atomic E-state index is 9.37. The molecule has 1 heterocycles. The van der Waals surface area contributed by atoms with Gasteiger partial charge in [0.15, 0.2) is 0 Å². The second-order valence-corrected chi connectivity index (χ2v) is 6.80. The van der Waals surface area contributed by atoms with Gasteiger partial charge in [-0.15, -0.1) is 0 Å². The minimum Gasteiger partial charge on any atom is -0.297 e. The van der Waals surface area contributed by atoms with Gasteiger partial charge in [0.25, 0.3) is 0 Å². The topological polar surface area (TPSA) is 39.1 Å². The van der Waals surface area contributed by atoms with E-state index in [1.165, 1.54) is 30.4 Å². The van der Waals surface area contributed by atoms with Crippen molar-refractivity contribution in [2.45, 2.75) is 63.7 Å². The number of unbranched alkanes of at least 4 members (excludes halogenated alkanes) is 1. The molecule has 0 amide bonds. The molecule has 2 aliphatic rings. The largest absolute Gasteiger partial charge is 0.297 e. The summed E-state index contributed by atoms with van der Waals surface area (Å²) in [6, 6.07) is 11.8. The summed E-state index contributed by atoms with van der Waals surface area (Å²) in [7, 11) is 0. The Balaban J connectivity index is 1.38. The van der Waals surface area contributed by atoms with Crippen molar-refractivity contribution in [3.63, 3.8) is 0 Å². The molecular formula is C18H25N3. The third-order valence-electron chi connectivity index (χ3n) is 4.65. The molecule has 1 unspecified atom stereocenters. The number of nitriles is 1. The van der Waals surface area contributed by atoms with Crippen LogP contribution in [0.15, 0.2) is 24.3 Å². The third kappa shape index (κ3) is 3.84. The van der Waals surface area contributed by atoms with Crippen LogP contribution in [0.1, 0.15) is 50.2 Å². The summed E-state index contributed by atoms with van der Waals surface area (Å²) < 4.78 is 0. The first kappa shape index (κ1) is 14.6. The summed E-state index contributed by atoms with van der Waals surface area (Å²) in [6.07, 6.45) is 5.74. The summed E-state index contributed by atoms with van der Waals surface area (Å²) in [5.41, 5.74) is 2.64. The van der Waals surface area contributed by atoms with Gasteiger partial charge in [0.2, 0.25) is 0 Å². The van der Waals surface area contributed by atoms with Crippen LogP contribution in [0.3, 0.4) is 0 Å². The molecule has 1 saturated carbocycles. The summed E-state index contributed by atoms with van der Waals surface area (Å²) in [6.45, 7) is 5.37. The molecule has 1 aromatic rings. The van der Waals surface area contributed by atoms with E-state index in [-0.39, 0.29) is 5.54 Å². The molecule has 1 aliphatic heterocycles. The van der Waals surface area contributed by atoms with Gasteiger partial charge >= 0.3 is 0 Å². The Morgan fingerprint density at radius 2 is 1.90 bits per heavy atom. The number of hydrogen-bond donors (Lipinski definition) is 1. The predicted octanol–water partition coefficient (Wildman–Crippen LogP) is 3.21. The van der Waals surface area contributed by atoms with Crippen LogP contribution in [0.5, 0.6) is 0 Å². The van der Waals surface area contributed by atoms with Gasteiger partial charge in [-0.25, -0.2) is 0 Å². The second-order valence-electron chi connectivity index (χ2n) is 6.80. The monoisotopic (exact) mass is 283 g/mol. The van der Waals surface area contributed by atoms with Crippen molar-refractivity contribution < 1.29 is 0 Å². The number of hydrogen-bond acceptors (Lipinski definition) is 3. The van der Waals surface area contributed by atoms with E-state index in [4.69, 9.17) is 0 Å². The van der Waals surface area contributed by atoms with Gasteiger partial charge in [0.1, 0.15) is 5.54 Å². The van der Waals surface area contributed by atoms with E-state index < -0.39 is 0 Å². The van der Waals surface area contributed by atoms with Gasteiger partial charge in [-0.3, -0.25) is 10.2 Å². The highest BCUT2D eigenvalue weighted by Crippen LogP contribution is 2.26. The van der Waals surface area contributed by atoms with Crippen LogP contribution in [-0.2, 0) is 13.1 Å². The van der Waals surface area contributed by atoms with E-state index >= 15 is 0 Å². The molecule has 0 spiro atoms. The van der Waals surface area contributed by atoms with Gasteiger partial charge in [-0.05, 0) is 56.7 Å². The fraction of sp³-hybridized carbons (Fsp3) is 0.611. The second kappa shape index (κ2) is 6.17. The van der Waals surface area contributed by atoms with Gasteiger partial charge in [-0.2, -0.15) is 5.26 Å². The van der Waals surface area contributed by atoms with E-state index in [9.17, 15) is 5.26 Å². The Hall–Kier alpha value is -1.37. The zero-order valence-electron chi connectivity index (χ0n) is 12.9. The molecule has 1 aromatic carbocycles. The minimum absolute atomic E-state index is 0.324. The molecule has 3 heteroatoms. The summed E-state index contributed by atoms with van der Waals surface area (Å²) in [4.78, 5) is 2.52. The maximum Gasteiger partial charge on any atom is 0.104 e. The fourth-order valence-corrected chi connectivity index (χ4v) is 3.21. The van der Waals surface area contributed by atoms with Crippen LogP contribution in [0, 0.1) is 11.3 Å². The normalized spacial score (nSPS) is 20.8. The first-order valence-electron chi connectivity index (χ1n) is 8.17. The lowest BCUT2D eigenvalue weighted by Crippen LogP contribution is -2.42.